The van der Waals surface area contributed by atoms with Gasteiger partial charge in [-0.2, -0.15) is 0 Å². The number of benzene rings is 3. The molecule has 0 unspecified atom stereocenters. The lowest BCUT2D eigenvalue weighted by molar-refractivity contribution is -0.116. The van der Waals surface area contributed by atoms with Crippen molar-refractivity contribution in [1.29, 1.82) is 0 Å². The van der Waals surface area contributed by atoms with Crippen molar-refractivity contribution in [3.05, 3.63) is 94.4 Å². The van der Waals surface area contributed by atoms with Gasteiger partial charge in [0.1, 0.15) is 11.4 Å². The van der Waals surface area contributed by atoms with Crippen molar-refractivity contribution in [2.24, 2.45) is 0 Å². The Hall–Kier alpha value is -4.30. The number of anilines is 1. The van der Waals surface area contributed by atoms with Crippen LogP contribution in [0.2, 0.25) is 0 Å². The van der Waals surface area contributed by atoms with Gasteiger partial charge in [0.15, 0.2) is 0 Å². The number of nitrogens with zero attached hydrogens (tertiary/aromatic N) is 2. The predicted octanol–water partition coefficient (Wildman–Crippen LogP) is 4.70. The second-order valence-corrected chi connectivity index (χ2v) is 8.51. The third-order valence-corrected chi connectivity index (χ3v) is 6.43. The molecule has 0 saturated heterocycles. The fourth-order valence-electron chi connectivity index (χ4n) is 3.87. The zero-order valence-electron chi connectivity index (χ0n) is 18.1. The summed E-state index contributed by atoms with van der Waals surface area (Å²) in [6.07, 6.45) is 1.37. The van der Waals surface area contributed by atoms with Crippen molar-refractivity contribution in [3.8, 4) is 11.1 Å². The molecular formula is C26H19N3O4S. The van der Waals surface area contributed by atoms with Crippen LogP contribution in [-0.4, -0.2) is 28.5 Å². The van der Waals surface area contributed by atoms with Gasteiger partial charge in [0.05, 0.1) is 30.1 Å². The molecule has 0 aliphatic heterocycles. The highest BCUT2D eigenvalue weighted by Gasteiger charge is 2.17. The molecule has 0 saturated carbocycles. The van der Waals surface area contributed by atoms with Gasteiger partial charge in [-0.15, -0.1) is 11.3 Å². The van der Waals surface area contributed by atoms with Crippen molar-refractivity contribution in [2.75, 3.05) is 12.4 Å². The van der Waals surface area contributed by atoms with Crippen LogP contribution in [0.1, 0.15) is 10.4 Å². The first kappa shape index (κ1) is 21.5. The summed E-state index contributed by atoms with van der Waals surface area (Å²) in [5.74, 6) is -1.02. The van der Waals surface area contributed by atoms with E-state index in [9.17, 15) is 14.4 Å². The molecular weight excluding hydrogens is 450 g/mol. The number of hydrogen-bond donors (Lipinski definition) is 1. The molecule has 0 atom stereocenters. The van der Waals surface area contributed by atoms with E-state index in [1.807, 2.05) is 47.8 Å². The van der Waals surface area contributed by atoms with Crippen LogP contribution in [-0.2, 0) is 16.1 Å². The number of thiophene rings is 1. The molecule has 1 N–H and O–H groups in total. The van der Waals surface area contributed by atoms with E-state index in [2.05, 4.69) is 10.3 Å². The fraction of sp³-hybridized carbons (Fsp3) is 0.0769. The standard InChI is InChI=1S/C26H19N3O4S/c1-33-26(32)19-8-4-5-9-21(19)28-22(30)13-29-15-27-24-23(25(29)31)20(14-34-24)18-11-10-16-6-2-3-7-17(16)12-18/h2-12,14-15H,13H2,1H3,(H,28,30). The minimum Gasteiger partial charge on any atom is -0.465 e. The minimum atomic E-state index is -0.561. The van der Waals surface area contributed by atoms with Crippen molar-refractivity contribution in [2.45, 2.75) is 6.54 Å². The first-order chi connectivity index (χ1) is 16.5. The quantitative estimate of drug-likeness (QED) is 0.377. The molecule has 8 heteroatoms. The number of nitrogens with one attached hydrogen (secondary N) is 1. The van der Waals surface area contributed by atoms with E-state index in [4.69, 9.17) is 4.74 Å². The molecule has 168 valence electrons. The Bertz CT molecular complexity index is 1620. The van der Waals surface area contributed by atoms with E-state index in [0.29, 0.717) is 15.9 Å². The number of methoxy groups -OCH3 is 1. The van der Waals surface area contributed by atoms with Gasteiger partial charge in [0.25, 0.3) is 5.56 Å². The van der Waals surface area contributed by atoms with Crippen LogP contribution in [0.25, 0.3) is 32.1 Å². The first-order valence-corrected chi connectivity index (χ1v) is 11.4. The number of ether oxygens (including phenoxy) is 1. The van der Waals surface area contributed by atoms with Crippen LogP contribution in [0.4, 0.5) is 5.69 Å². The summed E-state index contributed by atoms with van der Waals surface area (Å²) in [6, 6.07) is 20.6. The van der Waals surface area contributed by atoms with Crippen molar-refractivity contribution in [1.82, 2.24) is 9.55 Å². The van der Waals surface area contributed by atoms with Gasteiger partial charge in [-0.1, -0.05) is 48.5 Å². The van der Waals surface area contributed by atoms with Gasteiger partial charge in [-0.05, 0) is 34.5 Å². The highest BCUT2D eigenvalue weighted by Crippen LogP contribution is 2.32. The fourth-order valence-corrected chi connectivity index (χ4v) is 4.78. The van der Waals surface area contributed by atoms with Crippen LogP contribution in [0.3, 0.4) is 0 Å². The van der Waals surface area contributed by atoms with E-state index >= 15 is 0 Å². The number of carbonyl (C=O) groups excluding carboxylic acids is 2. The Morgan fingerprint density at radius 1 is 1.03 bits per heavy atom. The molecule has 0 fully saturated rings. The SMILES string of the molecule is COC(=O)c1ccccc1NC(=O)Cn1cnc2scc(-c3ccc4ccccc4c3)c2c1=O. The number of carbonyl (C=O) groups is 2. The number of aromatic nitrogens is 2. The van der Waals surface area contributed by atoms with Crippen LogP contribution >= 0.6 is 11.3 Å². The van der Waals surface area contributed by atoms with Crippen LogP contribution < -0.4 is 10.9 Å². The van der Waals surface area contributed by atoms with E-state index in [1.165, 1.54) is 29.3 Å². The van der Waals surface area contributed by atoms with Crippen LogP contribution in [0, 0.1) is 0 Å². The Morgan fingerprint density at radius 2 is 1.79 bits per heavy atom. The number of esters is 1. The van der Waals surface area contributed by atoms with Crippen LogP contribution in [0.5, 0.6) is 0 Å². The van der Waals surface area contributed by atoms with Crippen molar-refractivity contribution < 1.29 is 14.3 Å². The van der Waals surface area contributed by atoms with Gasteiger partial charge >= 0.3 is 5.97 Å². The maximum Gasteiger partial charge on any atom is 0.339 e. The van der Waals surface area contributed by atoms with Crippen molar-refractivity contribution in [3.63, 3.8) is 0 Å². The average molecular weight is 470 g/mol. The molecule has 3 aromatic carbocycles. The van der Waals surface area contributed by atoms with Gasteiger partial charge in [0, 0.05) is 10.9 Å². The molecule has 0 spiro atoms. The summed E-state index contributed by atoms with van der Waals surface area (Å²) in [5, 5.41) is 7.27. The van der Waals surface area contributed by atoms with E-state index < -0.39 is 11.9 Å². The third-order valence-electron chi connectivity index (χ3n) is 5.54. The van der Waals surface area contributed by atoms with Gasteiger partial charge < -0.3 is 10.1 Å². The Labute approximate surface area is 198 Å². The Balaban J connectivity index is 1.47. The number of para-hydroxylation sites is 1. The minimum absolute atomic E-state index is 0.232. The molecule has 5 aromatic rings. The van der Waals surface area contributed by atoms with Crippen molar-refractivity contribution >= 4 is 49.9 Å². The summed E-state index contributed by atoms with van der Waals surface area (Å²) >= 11 is 1.39. The molecule has 5 rings (SSSR count). The monoisotopic (exact) mass is 469 g/mol. The topological polar surface area (TPSA) is 90.3 Å². The summed E-state index contributed by atoms with van der Waals surface area (Å²) in [6.45, 7) is -0.246. The maximum atomic E-state index is 13.3. The third kappa shape index (κ3) is 3.95. The molecule has 0 bridgehead atoms. The first-order valence-electron chi connectivity index (χ1n) is 10.5. The highest BCUT2D eigenvalue weighted by molar-refractivity contribution is 7.17. The smallest absolute Gasteiger partial charge is 0.339 e. The van der Waals surface area contributed by atoms with E-state index in [0.717, 1.165) is 21.9 Å². The molecule has 7 nitrogen and oxygen atoms in total. The number of rotatable bonds is 5. The Morgan fingerprint density at radius 3 is 2.62 bits per heavy atom. The molecule has 0 aliphatic rings. The van der Waals surface area contributed by atoms with Gasteiger partial charge in [-0.3, -0.25) is 14.2 Å². The predicted molar refractivity (Wildman–Crippen MR) is 133 cm³/mol. The second-order valence-electron chi connectivity index (χ2n) is 7.65. The molecule has 34 heavy (non-hydrogen) atoms. The second kappa shape index (κ2) is 8.92. The molecule has 0 radical (unpaired) electrons. The highest BCUT2D eigenvalue weighted by atomic mass is 32.1. The summed E-state index contributed by atoms with van der Waals surface area (Å²) in [4.78, 5) is 43.0. The summed E-state index contributed by atoms with van der Waals surface area (Å²) in [7, 11) is 1.27. The zero-order valence-corrected chi connectivity index (χ0v) is 19.0. The molecule has 0 aliphatic carbocycles. The lowest BCUT2D eigenvalue weighted by atomic mass is 10.0. The zero-order chi connectivity index (χ0) is 23.7. The largest absolute Gasteiger partial charge is 0.465 e. The van der Waals surface area contributed by atoms with Crippen LogP contribution in [0.15, 0.2) is 83.2 Å². The lowest BCUT2D eigenvalue weighted by Crippen LogP contribution is -2.28. The molecule has 2 aromatic heterocycles. The summed E-state index contributed by atoms with van der Waals surface area (Å²) in [5.41, 5.74) is 1.95. The normalized spacial score (nSPS) is 11.0. The molecule has 1 amide bonds. The average Bonchev–Trinajstić information content (AvgIpc) is 3.30. The van der Waals surface area contributed by atoms with E-state index in [-0.39, 0.29) is 17.7 Å². The number of hydrogen-bond acceptors (Lipinski definition) is 6. The maximum absolute atomic E-state index is 13.3. The number of amides is 1. The Kier molecular flexibility index (Phi) is 5.65. The van der Waals surface area contributed by atoms with E-state index in [1.54, 1.807) is 24.3 Å². The van der Waals surface area contributed by atoms with Gasteiger partial charge in [0.2, 0.25) is 5.91 Å². The summed E-state index contributed by atoms with van der Waals surface area (Å²) < 4.78 is 6.04. The lowest BCUT2D eigenvalue weighted by Gasteiger charge is -2.11. The van der Waals surface area contributed by atoms with Gasteiger partial charge in [-0.25, -0.2) is 9.78 Å². The molecule has 2 heterocycles. The number of fused-ring (bicyclic) bond motifs is 2.